The Morgan fingerprint density at radius 2 is 1.88 bits per heavy atom. The minimum atomic E-state index is 0.310. The van der Waals surface area contributed by atoms with Crippen LogP contribution in [0.5, 0.6) is 0 Å². The van der Waals surface area contributed by atoms with Crippen LogP contribution in [0.1, 0.15) is 27.2 Å². The Bertz CT molecular complexity index is 223. The number of carbonyl (C=O) groups is 1. The lowest BCUT2D eigenvalue weighted by molar-refractivity contribution is -0.133. The van der Waals surface area contributed by atoms with Gasteiger partial charge in [0, 0.05) is 45.8 Å². The van der Waals surface area contributed by atoms with Crippen LogP contribution in [0.3, 0.4) is 0 Å². The second-order valence-electron chi connectivity index (χ2n) is 5.02. The fourth-order valence-corrected chi connectivity index (χ4v) is 2.04. The monoisotopic (exact) mass is 242 g/mol. The van der Waals surface area contributed by atoms with Crippen LogP contribution in [-0.4, -0.2) is 61.6 Å². The van der Waals surface area contributed by atoms with E-state index in [0.29, 0.717) is 18.2 Å². The van der Waals surface area contributed by atoms with E-state index in [0.717, 1.165) is 45.9 Å². The SMILES string of the molecule is CCOCCN1CCN(C(=O)CC(C)C)CC1. The number of hydrogen-bond acceptors (Lipinski definition) is 3. The van der Waals surface area contributed by atoms with Gasteiger partial charge < -0.3 is 9.64 Å². The van der Waals surface area contributed by atoms with E-state index < -0.39 is 0 Å². The summed E-state index contributed by atoms with van der Waals surface area (Å²) in [5, 5.41) is 0. The predicted octanol–water partition coefficient (Wildman–Crippen LogP) is 1.21. The number of nitrogens with zero attached hydrogens (tertiary/aromatic N) is 2. The van der Waals surface area contributed by atoms with E-state index in [1.165, 1.54) is 0 Å². The first-order valence-electron chi connectivity index (χ1n) is 6.71. The third kappa shape index (κ3) is 5.50. The average molecular weight is 242 g/mol. The maximum Gasteiger partial charge on any atom is 0.222 e. The Morgan fingerprint density at radius 1 is 1.24 bits per heavy atom. The topological polar surface area (TPSA) is 32.8 Å². The largest absolute Gasteiger partial charge is 0.380 e. The average Bonchev–Trinajstić information content (AvgIpc) is 2.29. The first kappa shape index (κ1) is 14.5. The zero-order valence-electron chi connectivity index (χ0n) is 11.4. The molecule has 1 heterocycles. The zero-order valence-corrected chi connectivity index (χ0v) is 11.4. The van der Waals surface area contributed by atoms with E-state index in [1.54, 1.807) is 0 Å². The van der Waals surface area contributed by atoms with E-state index in [-0.39, 0.29) is 0 Å². The van der Waals surface area contributed by atoms with Gasteiger partial charge in [-0.3, -0.25) is 9.69 Å². The van der Waals surface area contributed by atoms with Crippen molar-refractivity contribution in [3.63, 3.8) is 0 Å². The third-order valence-corrected chi connectivity index (χ3v) is 3.06. The normalized spacial score (nSPS) is 17.8. The highest BCUT2D eigenvalue weighted by Crippen LogP contribution is 2.07. The molecule has 1 aliphatic heterocycles. The molecule has 0 spiro atoms. The van der Waals surface area contributed by atoms with Crippen LogP contribution in [0, 0.1) is 5.92 Å². The van der Waals surface area contributed by atoms with Crippen LogP contribution in [0.4, 0.5) is 0 Å². The number of carbonyl (C=O) groups excluding carboxylic acids is 1. The van der Waals surface area contributed by atoms with Crippen LogP contribution in [0.25, 0.3) is 0 Å². The van der Waals surface area contributed by atoms with E-state index in [9.17, 15) is 4.79 Å². The van der Waals surface area contributed by atoms with Gasteiger partial charge in [0.2, 0.25) is 5.91 Å². The van der Waals surface area contributed by atoms with Crippen molar-refractivity contribution in [2.75, 3.05) is 45.9 Å². The van der Waals surface area contributed by atoms with Gasteiger partial charge >= 0.3 is 0 Å². The van der Waals surface area contributed by atoms with Crippen LogP contribution >= 0.6 is 0 Å². The molecular weight excluding hydrogens is 216 g/mol. The molecule has 0 bridgehead atoms. The van der Waals surface area contributed by atoms with Gasteiger partial charge in [0.15, 0.2) is 0 Å². The molecule has 0 N–H and O–H groups in total. The summed E-state index contributed by atoms with van der Waals surface area (Å²) in [6.45, 7) is 12.5. The van der Waals surface area contributed by atoms with Crippen molar-refractivity contribution in [3.05, 3.63) is 0 Å². The van der Waals surface area contributed by atoms with Crippen molar-refractivity contribution in [1.82, 2.24) is 9.80 Å². The molecular formula is C13H26N2O2. The molecule has 100 valence electrons. The summed E-state index contributed by atoms with van der Waals surface area (Å²) < 4.78 is 5.34. The summed E-state index contributed by atoms with van der Waals surface area (Å²) in [7, 11) is 0. The number of amides is 1. The molecule has 0 radical (unpaired) electrons. The molecule has 0 aromatic rings. The molecule has 1 amide bonds. The minimum Gasteiger partial charge on any atom is -0.380 e. The Morgan fingerprint density at radius 3 is 2.41 bits per heavy atom. The molecule has 17 heavy (non-hydrogen) atoms. The minimum absolute atomic E-state index is 0.310. The molecule has 0 saturated carbocycles. The predicted molar refractivity (Wildman–Crippen MR) is 69.0 cm³/mol. The summed E-state index contributed by atoms with van der Waals surface area (Å²) >= 11 is 0. The van der Waals surface area contributed by atoms with Crippen molar-refractivity contribution in [2.45, 2.75) is 27.2 Å². The molecule has 1 fully saturated rings. The molecule has 0 aromatic heterocycles. The Hall–Kier alpha value is -0.610. The Kier molecular flexibility index (Phi) is 6.52. The lowest BCUT2D eigenvalue weighted by atomic mass is 10.1. The van der Waals surface area contributed by atoms with Crippen LogP contribution in [0.2, 0.25) is 0 Å². The molecule has 0 aliphatic carbocycles. The molecule has 1 rings (SSSR count). The first-order chi connectivity index (χ1) is 8.13. The fraction of sp³-hybridized carbons (Fsp3) is 0.923. The molecule has 0 unspecified atom stereocenters. The number of rotatable bonds is 6. The number of piperazine rings is 1. The van der Waals surface area contributed by atoms with Crippen LogP contribution in [0.15, 0.2) is 0 Å². The standard InChI is InChI=1S/C13H26N2O2/c1-4-17-10-9-14-5-7-15(8-6-14)13(16)11-12(2)3/h12H,4-11H2,1-3H3. The molecule has 0 aromatic carbocycles. The molecule has 4 nitrogen and oxygen atoms in total. The summed E-state index contributed by atoms with van der Waals surface area (Å²) in [6, 6.07) is 0. The van der Waals surface area contributed by atoms with E-state index in [1.807, 2.05) is 11.8 Å². The van der Waals surface area contributed by atoms with Crippen molar-refractivity contribution < 1.29 is 9.53 Å². The maximum absolute atomic E-state index is 11.9. The van der Waals surface area contributed by atoms with Gasteiger partial charge in [0.05, 0.1) is 6.61 Å². The quantitative estimate of drug-likeness (QED) is 0.656. The van der Waals surface area contributed by atoms with E-state index in [2.05, 4.69) is 18.7 Å². The molecule has 0 atom stereocenters. The molecule has 4 heteroatoms. The van der Waals surface area contributed by atoms with E-state index >= 15 is 0 Å². The highest BCUT2D eigenvalue weighted by atomic mass is 16.5. The van der Waals surface area contributed by atoms with Gasteiger partial charge in [-0.2, -0.15) is 0 Å². The maximum atomic E-state index is 11.9. The van der Waals surface area contributed by atoms with Crippen molar-refractivity contribution in [2.24, 2.45) is 5.92 Å². The van der Waals surface area contributed by atoms with E-state index in [4.69, 9.17) is 4.74 Å². The second kappa shape index (κ2) is 7.67. The van der Waals surface area contributed by atoms with Gasteiger partial charge in [0.25, 0.3) is 0 Å². The smallest absolute Gasteiger partial charge is 0.222 e. The third-order valence-electron chi connectivity index (χ3n) is 3.06. The number of hydrogen-bond donors (Lipinski definition) is 0. The Labute approximate surface area is 105 Å². The second-order valence-corrected chi connectivity index (χ2v) is 5.02. The van der Waals surface area contributed by atoms with Gasteiger partial charge in [0.1, 0.15) is 0 Å². The zero-order chi connectivity index (χ0) is 12.7. The fourth-order valence-electron chi connectivity index (χ4n) is 2.04. The highest BCUT2D eigenvalue weighted by molar-refractivity contribution is 5.76. The van der Waals surface area contributed by atoms with Crippen molar-refractivity contribution >= 4 is 5.91 Å². The van der Waals surface area contributed by atoms with Gasteiger partial charge in [-0.25, -0.2) is 0 Å². The lowest BCUT2D eigenvalue weighted by Gasteiger charge is -2.35. The summed E-state index contributed by atoms with van der Waals surface area (Å²) in [6.07, 6.45) is 0.680. The summed E-state index contributed by atoms with van der Waals surface area (Å²) in [5.41, 5.74) is 0. The highest BCUT2D eigenvalue weighted by Gasteiger charge is 2.20. The van der Waals surface area contributed by atoms with Gasteiger partial charge in [-0.1, -0.05) is 13.8 Å². The van der Waals surface area contributed by atoms with Crippen molar-refractivity contribution in [3.8, 4) is 0 Å². The van der Waals surface area contributed by atoms with Crippen LogP contribution < -0.4 is 0 Å². The lowest BCUT2D eigenvalue weighted by Crippen LogP contribution is -2.49. The Balaban J connectivity index is 2.18. The first-order valence-corrected chi connectivity index (χ1v) is 6.71. The molecule has 1 aliphatic rings. The summed E-state index contributed by atoms with van der Waals surface area (Å²) in [4.78, 5) is 16.2. The van der Waals surface area contributed by atoms with Gasteiger partial charge in [-0.15, -0.1) is 0 Å². The molecule has 1 saturated heterocycles. The number of ether oxygens (including phenoxy) is 1. The van der Waals surface area contributed by atoms with Gasteiger partial charge in [-0.05, 0) is 12.8 Å². The summed E-state index contributed by atoms with van der Waals surface area (Å²) in [5.74, 6) is 0.767. The van der Waals surface area contributed by atoms with Crippen molar-refractivity contribution in [1.29, 1.82) is 0 Å². The van der Waals surface area contributed by atoms with Crippen LogP contribution in [-0.2, 0) is 9.53 Å².